The molecule has 1 heterocycles. The molecule has 0 unspecified atom stereocenters. The van der Waals surface area contributed by atoms with Crippen LogP contribution in [0.2, 0.25) is 0 Å². The van der Waals surface area contributed by atoms with E-state index in [1.165, 1.54) is 9.80 Å². The van der Waals surface area contributed by atoms with E-state index in [9.17, 15) is 14.4 Å². The number of nitrogens with one attached hydrogen (secondary N) is 2. The van der Waals surface area contributed by atoms with Crippen molar-refractivity contribution in [1.82, 2.24) is 20.4 Å². The molecule has 0 aliphatic carbocycles. The molecule has 0 atom stereocenters. The lowest BCUT2D eigenvalue weighted by atomic mass is 10.3. The van der Waals surface area contributed by atoms with Gasteiger partial charge in [0.2, 0.25) is 5.91 Å². The number of nitrogens with zero attached hydrogens (tertiary/aromatic N) is 2. The molecule has 7 nitrogen and oxygen atoms in total. The Bertz CT molecular complexity index is 324. The summed E-state index contributed by atoms with van der Waals surface area (Å²) in [6.45, 7) is 2.69. The van der Waals surface area contributed by atoms with Crippen molar-refractivity contribution in [2.45, 2.75) is 6.42 Å². The van der Waals surface area contributed by atoms with Crippen LogP contribution in [0, 0.1) is 0 Å². The van der Waals surface area contributed by atoms with Crippen LogP contribution < -0.4 is 10.6 Å². The molecule has 1 aliphatic rings. The largest absolute Gasteiger partial charge is 0.349 e. The van der Waals surface area contributed by atoms with E-state index in [0.29, 0.717) is 26.2 Å². The summed E-state index contributed by atoms with van der Waals surface area (Å²) in [4.78, 5) is 37.5. The summed E-state index contributed by atoms with van der Waals surface area (Å²) in [6, 6.07) is 0. The Kier molecular flexibility index (Phi) is 5.57. The molecule has 0 radical (unpaired) electrons. The van der Waals surface area contributed by atoms with Gasteiger partial charge in [-0.15, -0.1) is 0 Å². The van der Waals surface area contributed by atoms with E-state index in [1.54, 1.807) is 14.1 Å². The van der Waals surface area contributed by atoms with Crippen LogP contribution in [0.15, 0.2) is 0 Å². The van der Waals surface area contributed by atoms with Crippen LogP contribution in [0.1, 0.15) is 6.42 Å². The van der Waals surface area contributed by atoms with E-state index in [1.807, 2.05) is 0 Å². The lowest BCUT2D eigenvalue weighted by Crippen LogP contribution is -2.51. The third kappa shape index (κ3) is 4.33. The monoisotopic (exact) mass is 256 g/mol. The molecule has 0 bridgehead atoms. The second kappa shape index (κ2) is 6.95. The smallest absolute Gasteiger partial charge is 0.311 e. The summed E-state index contributed by atoms with van der Waals surface area (Å²) >= 11 is 0. The van der Waals surface area contributed by atoms with E-state index in [-0.39, 0.29) is 18.9 Å². The zero-order valence-corrected chi connectivity index (χ0v) is 10.9. The average Bonchev–Trinajstić information content (AvgIpc) is 2.38. The maximum atomic E-state index is 11.7. The fourth-order valence-electron chi connectivity index (χ4n) is 1.59. The maximum Gasteiger partial charge on any atom is 0.311 e. The Balaban J connectivity index is 2.27. The molecule has 0 aromatic carbocycles. The molecular formula is C11H20N4O3. The van der Waals surface area contributed by atoms with Gasteiger partial charge in [-0.1, -0.05) is 0 Å². The molecule has 0 spiro atoms. The maximum absolute atomic E-state index is 11.7. The van der Waals surface area contributed by atoms with Crippen LogP contribution in [0.25, 0.3) is 0 Å². The number of hydrogen-bond donors (Lipinski definition) is 2. The van der Waals surface area contributed by atoms with Gasteiger partial charge in [0.15, 0.2) is 0 Å². The van der Waals surface area contributed by atoms with Crippen molar-refractivity contribution in [2.24, 2.45) is 0 Å². The van der Waals surface area contributed by atoms with Gasteiger partial charge in [0.05, 0.1) is 0 Å². The Morgan fingerprint density at radius 2 is 1.83 bits per heavy atom. The van der Waals surface area contributed by atoms with Gasteiger partial charge >= 0.3 is 11.8 Å². The lowest BCUT2D eigenvalue weighted by molar-refractivity contribution is -0.146. The zero-order chi connectivity index (χ0) is 13.5. The minimum Gasteiger partial charge on any atom is -0.349 e. The van der Waals surface area contributed by atoms with E-state index < -0.39 is 11.8 Å². The van der Waals surface area contributed by atoms with Crippen LogP contribution in [0.5, 0.6) is 0 Å². The number of hydrogen-bond acceptors (Lipinski definition) is 4. The molecule has 0 saturated carbocycles. The van der Waals surface area contributed by atoms with Crippen molar-refractivity contribution in [3.63, 3.8) is 0 Å². The third-order valence-corrected chi connectivity index (χ3v) is 2.72. The molecule has 3 amide bonds. The minimum atomic E-state index is -0.636. The fraction of sp³-hybridized carbons (Fsp3) is 0.727. The van der Waals surface area contributed by atoms with Crippen molar-refractivity contribution in [3.8, 4) is 0 Å². The van der Waals surface area contributed by atoms with Crippen LogP contribution in [-0.4, -0.2) is 74.3 Å². The molecule has 0 aromatic rings. The zero-order valence-electron chi connectivity index (χ0n) is 10.9. The van der Waals surface area contributed by atoms with Crippen LogP contribution in [0.4, 0.5) is 0 Å². The second-order valence-electron chi connectivity index (χ2n) is 4.34. The van der Waals surface area contributed by atoms with Crippen molar-refractivity contribution in [3.05, 3.63) is 0 Å². The first-order valence-electron chi connectivity index (χ1n) is 6.00. The first-order chi connectivity index (χ1) is 8.52. The normalized spacial score (nSPS) is 15.1. The highest BCUT2D eigenvalue weighted by atomic mass is 16.2. The highest BCUT2D eigenvalue weighted by molar-refractivity contribution is 6.35. The van der Waals surface area contributed by atoms with Gasteiger partial charge in [0, 0.05) is 53.2 Å². The summed E-state index contributed by atoms with van der Waals surface area (Å²) in [5, 5.41) is 5.57. The van der Waals surface area contributed by atoms with Gasteiger partial charge in [-0.2, -0.15) is 0 Å². The molecule has 1 aliphatic heterocycles. The van der Waals surface area contributed by atoms with E-state index in [0.717, 1.165) is 0 Å². The number of carbonyl (C=O) groups is 3. The van der Waals surface area contributed by atoms with Crippen molar-refractivity contribution >= 4 is 17.7 Å². The molecular weight excluding hydrogens is 236 g/mol. The van der Waals surface area contributed by atoms with Gasteiger partial charge in [0.25, 0.3) is 0 Å². The van der Waals surface area contributed by atoms with E-state index >= 15 is 0 Å². The predicted octanol–water partition coefficient (Wildman–Crippen LogP) is -1.99. The third-order valence-electron chi connectivity index (χ3n) is 2.72. The van der Waals surface area contributed by atoms with E-state index in [4.69, 9.17) is 0 Å². The number of amides is 3. The average molecular weight is 256 g/mol. The first kappa shape index (κ1) is 14.4. The molecule has 7 heteroatoms. The first-order valence-corrected chi connectivity index (χ1v) is 6.00. The number of rotatable bonds is 3. The second-order valence-corrected chi connectivity index (χ2v) is 4.34. The molecule has 0 aromatic heterocycles. The van der Waals surface area contributed by atoms with Crippen molar-refractivity contribution in [1.29, 1.82) is 0 Å². The number of piperazine rings is 1. The quantitative estimate of drug-likeness (QED) is 0.573. The topological polar surface area (TPSA) is 81.8 Å². The van der Waals surface area contributed by atoms with Crippen LogP contribution >= 0.6 is 0 Å². The van der Waals surface area contributed by atoms with E-state index in [2.05, 4.69) is 10.6 Å². The fourth-order valence-corrected chi connectivity index (χ4v) is 1.59. The molecule has 102 valence electrons. The molecule has 1 saturated heterocycles. The highest BCUT2D eigenvalue weighted by Crippen LogP contribution is 1.93. The Morgan fingerprint density at radius 3 is 2.39 bits per heavy atom. The number of carbonyl (C=O) groups excluding carboxylic acids is 3. The summed E-state index contributed by atoms with van der Waals surface area (Å²) in [5.74, 6) is -1.23. The summed E-state index contributed by atoms with van der Waals surface area (Å²) in [5.41, 5.74) is 0. The lowest BCUT2D eigenvalue weighted by Gasteiger charge is -2.26. The van der Waals surface area contributed by atoms with Crippen LogP contribution in [0.3, 0.4) is 0 Å². The predicted molar refractivity (Wildman–Crippen MR) is 65.8 cm³/mol. The summed E-state index contributed by atoms with van der Waals surface area (Å²) in [6.07, 6.45) is 0.202. The van der Waals surface area contributed by atoms with Crippen molar-refractivity contribution < 1.29 is 14.4 Å². The SMILES string of the molecule is CN(C)C(=O)CCNC(=O)C(=O)N1CCNCC1. The van der Waals surface area contributed by atoms with Gasteiger partial charge in [-0.05, 0) is 0 Å². The van der Waals surface area contributed by atoms with Gasteiger partial charge in [0.1, 0.15) is 0 Å². The molecule has 18 heavy (non-hydrogen) atoms. The minimum absolute atomic E-state index is 0.0788. The molecule has 1 rings (SSSR count). The molecule has 2 N–H and O–H groups in total. The Morgan fingerprint density at radius 1 is 1.22 bits per heavy atom. The summed E-state index contributed by atoms with van der Waals surface area (Å²) in [7, 11) is 3.30. The van der Waals surface area contributed by atoms with Gasteiger partial charge < -0.3 is 20.4 Å². The van der Waals surface area contributed by atoms with Gasteiger partial charge in [-0.3, -0.25) is 14.4 Å². The van der Waals surface area contributed by atoms with Crippen molar-refractivity contribution in [2.75, 3.05) is 46.8 Å². The van der Waals surface area contributed by atoms with Gasteiger partial charge in [-0.25, -0.2) is 0 Å². The standard InChI is InChI=1S/C11H20N4O3/c1-14(2)9(16)3-4-13-10(17)11(18)15-7-5-12-6-8-15/h12H,3-8H2,1-2H3,(H,13,17). The summed E-state index contributed by atoms with van der Waals surface area (Å²) < 4.78 is 0. The Labute approximate surface area is 106 Å². The Hall–Kier alpha value is -1.63. The highest BCUT2D eigenvalue weighted by Gasteiger charge is 2.22. The van der Waals surface area contributed by atoms with Crippen LogP contribution in [-0.2, 0) is 14.4 Å². The molecule has 1 fully saturated rings.